The van der Waals surface area contributed by atoms with Gasteiger partial charge in [-0.15, -0.1) is 0 Å². The zero-order chi connectivity index (χ0) is 6.62. The average Bonchev–Trinajstić information content (AvgIpc) is 1.67. The SMILES string of the molecule is CC(N)(CN)CCN. The highest BCUT2D eigenvalue weighted by atomic mass is 14.8. The Morgan fingerprint density at radius 3 is 2.00 bits per heavy atom. The van der Waals surface area contributed by atoms with Gasteiger partial charge in [-0.1, -0.05) is 0 Å². The van der Waals surface area contributed by atoms with Crippen molar-refractivity contribution in [3.8, 4) is 0 Å². The minimum atomic E-state index is -0.255. The van der Waals surface area contributed by atoms with Crippen LogP contribution in [-0.4, -0.2) is 18.6 Å². The minimum Gasteiger partial charge on any atom is -0.330 e. The van der Waals surface area contributed by atoms with Gasteiger partial charge < -0.3 is 17.2 Å². The number of nitrogens with two attached hydrogens (primary N) is 3. The van der Waals surface area contributed by atoms with E-state index in [1.807, 2.05) is 6.92 Å². The first kappa shape index (κ1) is 7.88. The normalized spacial score (nSPS) is 18.0. The zero-order valence-corrected chi connectivity index (χ0v) is 5.35. The molecular weight excluding hydrogens is 102 g/mol. The van der Waals surface area contributed by atoms with Gasteiger partial charge in [0.05, 0.1) is 0 Å². The zero-order valence-electron chi connectivity index (χ0n) is 5.35. The van der Waals surface area contributed by atoms with Gasteiger partial charge >= 0.3 is 0 Å². The third kappa shape index (κ3) is 2.96. The van der Waals surface area contributed by atoms with Gasteiger partial charge in [0.2, 0.25) is 0 Å². The van der Waals surface area contributed by atoms with Crippen molar-refractivity contribution in [3.05, 3.63) is 0 Å². The van der Waals surface area contributed by atoms with E-state index in [1.54, 1.807) is 0 Å². The van der Waals surface area contributed by atoms with Crippen molar-refractivity contribution >= 4 is 0 Å². The molecule has 0 aliphatic heterocycles. The Bertz CT molecular complexity index is 60.7. The fourth-order valence-electron chi connectivity index (χ4n) is 0.432. The van der Waals surface area contributed by atoms with E-state index in [2.05, 4.69) is 0 Å². The maximum Gasteiger partial charge on any atom is 0.0262 e. The van der Waals surface area contributed by atoms with Gasteiger partial charge in [-0.2, -0.15) is 0 Å². The smallest absolute Gasteiger partial charge is 0.0262 e. The van der Waals surface area contributed by atoms with E-state index in [1.165, 1.54) is 0 Å². The maximum absolute atomic E-state index is 5.62. The summed E-state index contributed by atoms with van der Waals surface area (Å²) >= 11 is 0. The summed E-state index contributed by atoms with van der Waals surface area (Å²) in [7, 11) is 0. The second kappa shape index (κ2) is 3.02. The summed E-state index contributed by atoms with van der Waals surface area (Å²) in [5, 5.41) is 0. The first-order chi connectivity index (χ1) is 3.62. The van der Waals surface area contributed by atoms with Gasteiger partial charge in [0, 0.05) is 12.1 Å². The van der Waals surface area contributed by atoms with Crippen LogP contribution in [0.25, 0.3) is 0 Å². The Morgan fingerprint density at radius 1 is 1.38 bits per heavy atom. The highest BCUT2D eigenvalue weighted by Gasteiger charge is 2.13. The van der Waals surface area contributed by atoms with Crippen LogP contribution in [-0.2, 0) is 0 Å². The predicted octanol–water partition coefficient (Wildman–Crippen LogP) is -0.989. The summed E-state index contributed by atoms with van der Waals surface area (Å²) in [4.78, 5) is 0. The van der Waals surface area contributed by atoms with Crippen molar-refractivity contribution in [1.29, 1.82) is 0 Å². The molecule has 0 spiro atoms. The van der Waals surface area contributed by atoms with E-state index < -0.39 is 0 Å². The lowest BCUT2D eigenvalue weighted by Crippen LogP contribution is -2.45. The molecule has 0 radical (unpaired) electrons. The molecule has 0 aromatic heterocycles. The van der Waals surface area contributed by atoms with Crippen LogP contribution in [0, 0.1) is 0 Å². The van der Waals surface area contributed by atoms with E-state index in [0.717, 1.165) is 6.42 Å². The van der Waals surface area contributed by atoms with Gasteiger partial charge in [0.25, 0.3) is 0 Å². The summed E-state index contributed by atoms with van der Waals surface area (Å²) in [6.07, 6.45) is 0.795. The molecule has 0 aliphatic rings. The minimum absolute atomic E-state index is 0.255. The molecule has 6 N–H and O–H groups in total. The lowest BCUT2D eigenvalue weighted by atomic mass is 10.0. The van der Waals surface area contributed by atoms with Crippen LogP contribution in [0.3, 0.4) is 0 Å². The molecule has 50 valence electrons. The Morgan fingerprint density at radius 2 is 1.88 bits per heavy atom. The molecule has 0 aromatic carbocycles. The lowest BCUT2D eigenvalue weighted by Gasteiger charge is -2.20. The molecule has 3 nitrogen and oxygen atoms in total. The molecule has 0 aromatic rings. The van der Waals surface area contributed by atoms with Gasteiger partial charge in [0.1, 0.15) is 0 Å². The summed E-state index contributed by atoms with van der Waals surface area (Å²) in [5.41, 5.74) is 15.9. The Balaban J connectivity index is 3.37. The molecular formula is C5H15N3. The molecule has 0 amide bonds. The highest BCUT2D eigenvalue weighted by Crippen LogP contribution is 1.99. The second-order valence-electron chi connectivity index (χ2n) is 2.40. The van der Waals surface area contributed by atoms with Crippen molar-refractivity contribution in [2.45, 2.75) is 18.9 Å². The van der Waals surface area contributed by atoms with Crippen LogP contribution in [0.4, 0.5) is 0 Å². The lowest BCUT2D eigenvalue weighted by molar-refractivity contribution is 0.450. The molecule has 1 unspecified atom stereocenters. The summed E-state index contributed by atoms with van der Waals surface area (Å²) in [6.45, 7) is 3.02. The third-order valence-corrected chi connectivity index (χ3v) is 1.18. The van der Waals surface area contributed by atoms with E-state index in [4.69, 9.17) is 17.2 Å². The third-order valence-electron chi connectivity index (χ3n) is 1.18. The maximum atomic E-state index is 5.62. The molecule has 0 rings (SSSR count). The van der Waals surface area contributed by atoms with Crippen LogP contribution < -0.4 is 17.2 Å². The van der Waals surface area contributed by atoms with E-state index in [0.29, 0.717) is 13.1 Å². The van der Waals surface area contributed by atoms with Crippen molar-refractivity contribution in [2.24, 2.45) is 17.2 Å². The van der Waals surface area contributed by atoms with Crippen LogP contribution in [0.2, 0.25) is 0 Å². The second-order valence-corrected chi connectivity index (χ2v) is 2.40. The fourth-order valence-corrected chi connectivity index (χ4v) is 0.432. The summed E-state index contributed by atoms with van der Waals surface area (Å²) in [6, 6.07) is 0. The molecule has 8 heavy (non-hydrogen) atoms. The van der Waals surface area contributed by atoms with E-state index in [9.17, 15) is 0 Å². The fraction of sp³-hybridized carbons (Fsp3) is 1.00. The van der Waals surface area contributed by atoms with Crippen LogP contribution in [0.1, 0.15) is 13.3 Å². The van der Waals surface area contributed by atoms with Crippen LogP contribution >= 0.6 is 0 Å². The first-order valence-electron chi connectivity index (χ1n) is 2.81. The van der Waals surface area contributed by atoms with Gasteiger partial charge in [0.15, 0.2) is 0 Å². The molecule has 1 atom stereocenters. The number of rotatable bonds is 3. The molecule has 0 aliphatic carbocycles. The Hall–Kier alpha value is -0.120. The van der Waals surface area contributed by atoms with Crippen molar-refractivity contribution in [1.82, 2.24) is 0 Å². The van der Waals surface area contributed by atoms with Crippen LogP contribution in [0.5, 0.6) is 0 Å². The average molecular weight is 117 g/mol. The summed E-state index contributed by atoms with van der Waals surface area (Å²) in [5.74, 6) is 0. The summed E-state index contributed by atoms with van der Waals surface area (Å²) < 4.78 is 0. The molecule has 0 saturated carbocycles. The Labute approximate surface area is 50.2 Å². The van der Waals surface area contributed by atoms with Crippen LogP contribution in [0.15, 0.2) is 0 Å². The van der Waals surface area contributed by atoms with Crippen molar-refractivity contribution in [2.75, 3.05) is 13.1 Å². The standard InChI is InChI=1S/C5H15N3/c1-5(8,4-7)2-3-6/h2-4,6-8H2,1H3. The molecule has 0 saturated heterocycles. The van der Waals surface area contributed by atoms with Crippen molar-refractivity contribution < 1.29 is 0 Å². The van der Waals surface area contributed by atoms with E-state index in [-0.39, 0.29) is 5.54 Å². The quantitative estimate of drug-likeness (QED) is 0.444. The predicted molar refractivity (Wildman–Crippen MR) is 35.3 cm³/mol. The van der Waals surface area contributed by atoms with E-state index >= 15 is 0 Å². The molecule has 3 heteroatoms. The van der Waals surface area contributed by atoms with Crippen molar-refractivity contribution in [3.63, 3.8) is 0 Å². The monoisotopic (exact) mass is 117 g/mol. The number of hydrogen-bond donors (Lipinski definition) is 3. The molecule has 0 heterocycles. The largest absolute Gasteiger partial charge is 0.330 e. The highest BCUT2D eigenvalue weighted by molar-refractivity contribution is 4.78. The number of hydrogen-bond acceptors (Lipinski definition) is 3. The first-order valence-corrected chi connectivity index (χ1v) is 2.81. The molecule has 0 fully saturated rings. The van der Waals surface area contributed by atoms with Gasteiger partial charge in [-0.3, -0.25) is 0 Å². The van der Waals surface area contributed by atoms with Gasteiger partial charge in [-0.05, 0) is 19.9 Å². The Kier molecular flexibility index (Phi) is 2.97. The topological polar surface area (TPSA) is 78.1 Å². The molecule has 0 bridgehead atoms. The van der Waals surface area contributed by atoms with Gasteiger partial charge in [-0.25, -0.2) is 0 Å².